The van der Waals surface area contributed by atoms with Crippen LogP contribution in [-0.2, 0) is 12.8 Å². The Bertz CT molecular complexity index is 2700. The first-order valence-electron chi connectivity index (χ1n) is 19.6. The molecule has 0 saturated carbocycles. The van der Waals surface area contributed by atoms with Crippen LogP contribution in [0, 0.1) is 13.8 Å². The maximum Gasteiger partial charge on any atom is 0.0479 e. The Hall–Kier alpha value is -5.92. The zero-order chi connectivity index (χ0) is 37.3. The third-order valence-corrected chi connectivity index (χ3v) is 11.6. The summed E-state index contributed by atoms with van der Waals surface area (Å²) >= 11 is 0. The second-order valence-electron chi connectivity index (χ2n) is 14.7. The quantitative estimate of drug-likeness (QED) is 0.118. The van der Waals surface area contributed by atoms with Gasteiger partial charge in [-0.05, 0) is 146 Å². The molecule has 0 atom stereocenters. The first-order valence-corrected chi connectivity index (χ1v) is 19.6. The van der Waals surface area contributed by atoms with Crippen LogP contribution in [0.3, 0.4) is 0 Å². The highest BCUT2D eigenvalue weighted by Crippen LogP contribution is 2.50. The number of nitrogen functional groups attached to an aromatic ring is 1. The van der Waals surface area contributed by atoms with E-state index in [2.05, 4.69) is 180 Å². The van der Waals surface area contributed by atoms with Crippen molar-refractivity contribution in [3.8, 4) is 44.5 Å². The monoisotopic (exact) mass is 699 g/mol. The molecular formula is C53H49N. The van der Waals surface area contributed by atoms with Gasteiger partial charge in [-0.1, -0.05) is 154 Å². The summed E-state index contributed by atoms with van der Waals surface area (Å²) in [6, 6.07) is 49.3. The predicted molar refractivity (Wildman–Crippen MR) is 237 cm³/mol. The van der Waals surface area contributed by atoms with E-state index in [9.17, 15) is 0 Å². The van der Waals surface area contributed by atoms with Gasteiger partial charge in [0, 0.05) is 16.6 Å². The van der Waals surface area contributed by atoms with Gasteiger partial charge in [-0.3, -0.25) is 0 Å². The molecule has 0 heterocycles. The molecule has 1 heteroatoms. The minimum atomic E-state index is 0.822. The highest BCUT2D eigenvalue weighted by Gasteiger charge is 2.25. The van der Waals surface area contributed by atoms with Crippen LogP contribution < -0.4 is 5.73 Å². The van der Waals surface area contributed by atoms with Gasteiger partial charge in [0.15, 0.2) is 0 Å². The molecule has 0 radical (unpaired) electrons. The number of fused-ring (bicyclic) bond motifs is 4. The predicted octanol–water partition coefficient (Wildman–Crippen LogP) is 15.0. The molecule has 2 N–H and O–H groups in total. The second-order valence-corrected chi connectivity index (χ2v) is 14.7. The van der Waals surface area contributed by atoms with Crippen LogP contribution in [0.2, 0.25) is 0 Å². The lowest BCUT2D eigenvalue weighted by molar-refractivity contribution is 0.789. The van der Waals surface area contributed by atoms with Crippen LogP contribution in [0.15, 0.2) is 140 Å². The average Bonchev–Trinajstić information content (AvgIpc) is 3.21. The number of nitrogens with two attached hydrogens (primary N) is 1. The van der Waals surface area contributed by atoms with Crippen LogP contribution in [0.25, 0.3) is 82.9 Å². The number of rotatable bonds is 9. The molecule has 0 amide bonds. The number of allylic oxidation sites excluding steroid dienone is 1. The van der Waals surface area contributed by atoms with E-state index in [0.29, 0.717) is 0 Å². The third-order valence-electron chi connectivity index (χ3n) is 11.6. The van der Waals surface area contributed by atoms with Gasteiger partial charge in [0.1, 0.15) is 0 Å². The van der Waals surface area contributed by atoms with Crippen molar-refractivity contribution in [2.75, 3.05) is 5.73 Å². The van der Waals surface area contributed by atoms with E-state index in [1.807, 2.05) is 0 Å². The number of unbranched alkanes of at least 4 members (excludes halogenated alkanes) is 1. The standard InChI is InChI=1S/C53H49N/c1-6-9-24-45-40(8-3)47(43-28-27-37-19-16-17-25-41(37)35(43)5)32-49(51(45)38-20-12-10-13-21-38)50-33-48-44-29-26-36(18-7-2)34(4)42(44)30-31-46(48)53(54)52(50)39-22-14-11-15-23-39/h7,10-23,25-33H,6,8-9,24,54H2,1-5H3. The van der Waals surface area contributed by atoms with E-state index >= 15 is 0 Å². The maximum atomic E-state index is 7.48. The zero-order valence-electron chi connectivity index (χ0n) is 32.3. The summed E-state index contributed by atoms with van der Waals surface area (Å²) < 4.78 is 0. The minimum Gasteiger partial charge on any atom is -0.398 e. The van der Waals surface area contributed by atoms with Gasteiger partial charge in [0.25, 0.3) is 0 Å². The van der Waals surface area contributed by atoms with Gasteiger partial charge >= 0.3 is 0 Å². The Kier molecular flexibility index (Phi) is 9.65. The van der Waals surface area contributed by atoms with Crippen LogP contribution >= 0.6 is 0 Å². The summed E-state index contributed by atoms with van der Waals surface area (Å²) in [4.78, 5) is 0. The molecule has 54 heavy (non-hydrogen) atoms. The summed E-state index contributed by atoms with van der Waals surface area (Å²) in [5.74, 6) is 0. The molecule has 0 bridgehead atoms. The highest BCUT2D eigenvalue weighted by molar-refractivity contribution is 6.18. The van der Waals surface area contributed by atoms with Crippen LogP contribution in [0.5, 0.6) is 0 Å². The Morgan fingerprint density at radius 2 is 1.17 bits per heavy atom. The molecule has 1 nitrogen and oxygen atoms in total. The fourth-order valence-electron chi connectivity index (χ4n) is 8.89. The molecule has 0 aliphatic heterocycles. The van der Waals surface area contributed by atoms with Gasteiger partial charge in [0.2, 0.25) is 0 Å². The molecule has 266 valence electrons. The zero-order valence-corrected chi connectivity index (χ0v) is 32.3. The van der Waals surface area contributed by atoms with Gasteiger partial charge in [-0.25, -0.2) is 0 Å². The number of benzene rings is 8. The topological polar surface area (TPSA) is 26.0 Å². The minimum absolute atomic E-state index is 0.822. The van der Waals surface area contributed by atoms with Crippen molar-refractivity contribution in [2.45, 2.75) is 60.3 Å². The van der Waals surface area contributed by atoms with Crippen LogP contribution in [-0.4, -0.2) is 0 Å². The van der Waals surface area contributed by atoms with E-state index in [0.717, 1.165) is 47.9 Å². The molecule has 0 fully saturated rings. The first-order chi connectivity index (χ1) is 26.4. The normalized spacial score (nSPS) is 11.7. The Morgan fingerprint density at radius 1 is 0.519 bits per heavy atom. The molecule has 8 rings (SSSR count). The molecule has 0 aliphatic carbocycles. The van der Waals surface area contributed by atoms with E-state index in [-0.39, 0.29) is 0 Å². The lowest BCUT2D eigenvalue weighted by atomic mass is 9.78. The fourth-order valence-corrected chi connectivity index (χ4v) is 8.89. The van der Waals surface area contributed by atoms with E-state index in [1.54, 1.807) is 0 Å². The SMILES string of the molecule is CC=Cc1ccc2c(ccc3c(N)c(-c4ccccc4)c(-c4cc(-c5ccc6ccccc6c5C)c(CC)c(CCCC)c4-c4ccccc4)cc32)c1C. The summed E-state index contributed by atoms with van der Waals surface area (Å²) in [5, 5.41) is 7.35. The van der Waals surface area contributed by atoms with Gasteiger partial charge in [0.05, 0.1) is 0 Å². The molecule has 0 unspecified atom stereocenters. The van der Waals surface area contributed by atoms with E-state index < -0.39 is 0 Å². The van der Waals surface area contributed by atoms with Crippen molar-refractivity contribution >= 4 is 44.1 Å². The lowest BCUT2D eigenvalue weighted by Crippen LogP contribution is -2.05. The van der Waals surface area contributed by atoms with Gasteiger partial charge < -0.3 is 5.73 Å². The van der Waals surface area contributed by atoms with E-state index in [4.69, 9.17) is 5.73 Å². The van der Waals surface area contributed by atoms with Gasteiger partial charge in [-0.2, -0.15) is 0 Å². The van der Waals surface area contributed by atoms with Crippen LogP contribution in [0.1, 0.15) is 61.4 Å². The van der Waals surface area contributed by atoms with Gasteiger partial charge in [-0.15, -0.1) is 0 Å². The summed E-state index contributed by atoms with van der Waals surface area (Å²) in [7, 11) is 0. The molecule has 0 saturated heterocycles. The summed E-state index contributed by atoms with van der Waals surface area (Å²) in [5.41, 5.74) is 24.9. The molecule has 8 aromatic rings. The smallest absolute Gasteiger partial charge is 0.0479 e. The largest absolute Gasteiger partial charge is 0.398 e. The Balaban J connectivity index is 1.57. The second kappa shape index (κ2) is 14.8. The maximum absolute atomic E-state index is 7.48. The molecule has 0 spiro atoms. The summed E-state index contributed by atoms with van der Waals surface area (Å²) in [6.07, 6.45) is 8.53. The summed E-state index contributed by atoms with van der Waals surface area (Å²) in [6.45, 7) is 11.3. The molecular weight excluding hydrogens is 651 g/mol. The van der Waals surface area contributed by atoms with Crippen molar-refractivity contribution in [1.29, 1.82) is 0 Å². The van der Waals surface area contributed by atoms with Crippen molar-refractivity contribution in [3.05, 3.63) is 167 Å². The van der Waals surface area contributed by atoms with Crippen molar-refractivity contribution in [3.63, 3.8) is 0 Å². The number of hydrogen-bond donors (Lipinski definition) is 1. The lowest BCUT2D eigenvalue weighted by Gasteiger charge is -2.26. The number of anilines is 1. The molecule has 0 aromatic heterocycles. The van der Waals surface area contributed by atoms with Crippen molar-refractivity contribution in [1.82, 2.24) is 0 Å². The highest BCUT2D eigenvalue weighted by atomic mass is 14.6. The molecule has 0 aliphatic rings. The number of hydrogen-bond acceptors (Lipinski definition) is 1. The first kappa shape index (κ1) is 35.1. The third kappa shape index (κ3) is 5.99. The Labute approximate surface area is 320 Å². The van der Waals surface area contributed by atoms with E-state index in [1.165, 1.54) is 88.1 Å². The van der Waals surface area contributed by atoms with Crippen molar-refractivity contribution < 1.29 is 0 Å². The van der Waals surface area contributed by atoms with Crippen molar-refractivity contribution in [2.24, 2.45) is 0 Å². The Morgan fingerprint density at radius 3 is 1.87 bits per heavy atom. The number of aryl methyl sites for hydroxylation is 2. The molecule has 8 aromatic carbocycles. The van der Waals surface area contributed by atoms with Crippen LogP contribution in [0.4, 0.5) is 5.69 Å². The fraction of sp³-hybridized carbons (Fsp3) is 0.170. The average molecular weight is 700 g/mol.